The van der Waals surface area contributed by atoms with Gasteiger partial charge in [0.15, 0.2) is 0 Å². The summed E-state index contributed by atoms with van der Waals surface area (Å²) in [5, 5.41) is 0. The van der Waals surface area contributed by atoms with Gasteiger partial charge in [-0.25, -0.2) is 0 Å². The Morgan fingerprint density at radius 3 is 2.20 bits per heavy atom. The standard InChI is InChI=1S/C19H28O/c1-18(2,3)15-12-17(20)19(13-8-5-9-14-19)16-10-6-4-7-11-16/h4,6-7,10-11H,5,8-9,12-15H2,1-3H3. The molecule has 2 rings (SSSR count). The summed E-state index contributed by atoms with van der Waals surface area (Å²) >= 11 is 0. The third-order valence-electron chi connectivity index (χ3n) is 4.67. The maximum absolute atomic E-state index is 13.0. The normalized spacial score (nSPS) is 18.8. The van der Waals surface area contributed by atoms with Crippen LogP contribution in [-0.2, 0) is 10.2 Å². The van der Waals surface area contributed by atoms with E-state index >= 15 is 0 Å². The molecule has 0 aliphatic heterocycles. The fourth-order valence-corrected chi connectivity index (χ4v) is 3.37. The summed E-state index contributed by atoms with van der Waals surface area (Å²) < 4.78 is 0. The van der Waals surface area contributed by atoms with Crippen molar-refractivity contribution < 1.29 is 4.79 Å². The highest BCUT2D eigenvalue weighted by molar-refractivity contribution is 5.90. The Kier molecular flexibility index (Phi) is 4.67. The molecule has 0 atom stereocenters. The van der Waals surface area contributed by atoms with Gasteiger partial charge < -0.3 is 0 Å². The Morgan fingerprint density at radius 1 is 1.05 bits per heavy atom. The lowest BCUT2D eigenvalue weighted by atomic mass is 9.65. The summed E-state index contributed by atoms with van der Waals surface area (Å²) in [7, 11) is 0. The number of ketones is 1. The fourth-order valence-electron chi connectivity index (χ4n) is 3.37. The molecular formula is C19H28O. The molecule has 0 radical (unpaired) electrons. The highest BCUT2D eigenvalue weighted by atomic mass is 16.1. The highest BCUT2D eigenvalue weighted by Gasteiger charge is 2.40. The van der Waals surface area contributed by atoms with E-state index in [2.05, 4.69) is 45.0 Å². The molecule has 0 saturated heterocycles. The molecule has 1 aromatic rings. The van der Waals surface area contributed by atoms with Crippen molar-refractivity contribution in [3.05, 3.63) is 35.9 Å². The van der Waals surface area contributed by atoms with E-state index in [0.29, 0.717) is 5.78 Å². The van der Waals surface area contributed by atoms with Gasteiger partial charge in [-0.3, -0.25) is 4.79 Å². The molecule has 0 N–H and O–H groups in total. The minimum absolute atomic E-state index is 0.190. The maximum Gasteiger partial charge on any atom is 0.143 e. The Bertz CT molecular complexity index is 433. The average Bonchev–Trinajstić information content (AvgIpc) is 2.45. The number of benzene rings is 1. The third-order valence-corrected chi connectivity index (χ3v) is 4.67. The van der Waals surface area contributed by atoms with E-state index in [9.17, 15) is 4.79 Å². The molecule has 20 heavy (non-hydrogen) atoms. The van der Waals surface area contributed by atoms with Crippen molar-refractivity contribution in [2.24, 2.45) is 5.41 Å². The van der Waals surface area contributed by atoms with Crippen LogP contribution >= 0.6 is 0 Å². The van der Waals surface area contributed by atoms with E-state index in [4.69, 9.17) is 0 Å². The van der Waals surface area contributed by atoms with E-state index < -0.39 is 0 Å². The molecule has 1 aromatic carbocycles. The largest absolute Gasteiger partial charge is 0.299 e. The second-order valence-corrected chi connectivity index (χ2v) is 7.49. The second kappa shape index (κ2) is 6.11. The van der Waals surface area contributed by atoms with Gasteiger partial charge in [-0.1, -0.05) is 70.4 Å². The number of rotatable bonds is 4. The Morgan fingerprint density at radius 2 is 1.65 bits per heavy atom. The number of carbonyl (C=O) groups is 1. The fraction of sp³-hybridized carbons (Fsp3) is 0.632. The third kappa shape index (κ3) is 3.50. The molecule has 1 saturated carbocycles. The molecule has 1 nitrogen and oxygen atoms in total. The molecule has 0 aromatic heterocycles. The number of carbonyl (C=O) groups excluding carboxylic acids is 1. The van der Waals surface area contributed by atoms with Crippen LogP contribution < -0.4 is 0 Å². The van der Waals surface area contributed by atoms with Crippen LogP contribution in [0.4, 0.5) is 0 Å². The van der Waals surface area contributed by atoms with Crippen molar-refractivity contribution in [3.8, 4) is 0 Å². The van der Waals surface area contributed by atoms with E-state index in [1.165, 1.54) is 24.8 Å². The lowest BCUT2D eigenvalue weighted by molar-refractivity contribution is -0.126. The predicted octanol–water partition coefficient (Wildman–Crippen LogP) is 5.28. The summed E-state index contributed by atoms with van der Waals surface area (Å²) in [6.07, 6.45) is 7.45. The zero-order chi connectivity index (χ0) is 14.6. The van der Waals surface area contributed by atoms with E-state index in [0.717, 1.165) is 25.7 Å². The van der Waals surface area contributed by atoms with Crippen LogP contribution in [0, 0.1) is 5.41 Å². The van der Waals surface area contributed by atoms with Gasteiger partial charge in [-0.05, 0) is 30.2 Å². The van der Waals surface area contributed by atoms with E-state index in [1.807, 2.05) is 6.07 Å². The van der Waals surface area contributed by atoms with Crippen LogP contribution in [0.25, 0.3) is 0 Å². The Labute approximate surface area is 123 Å². The molecule has 0 unspecified atom stereocenters. The van der Waals surface area contributed by atoms with Gasteiger partial charge in [0, 0.05) is 6.42 Å². The van der Waals surface area contributed by atoms with Gasteiger partial charge >= 0.3 is 0 Å². The van der Waals surface area contributed by atoms with Crippen molar-refractivity contribution in [1.82, 2.24) is 0 Å². The summed E-state index contributed by atoms with van der Waals surface area (Å²) in [5.74, 6) is 0.471. The van der Waals surface area contributed by atoms with Crippen molar-refractivity contribution in [2.45, 2.75) is 71.1 Å². The summed E-state index contributed by atoms with van der Waals surface area (Å²) in [6, 6.07) is 10.5. The molecular weight excluding hydrogens is 244 g/mol. The molecule has 110 valence electrons. The van der Waals surface area contributed by atoms with Crippen LogP contribution in [0.15, 0.2) is 30.3 Å². The Hall–Kier alpha value is -1.11. The first-order valence-corrected chi connectivity index (χ1v) is 8.03. The first kappa shape index (κ1) is 15.3. The van der Waals surface area contributed by atoms with Gasteiger partial charge in [0.2, 0.25) is 0 Å². The molecule has 1 heteroatoms. The van der Waals surface area contributed by atoms with Crippen LogP contribution in [0.1, 0.15) is 71.3 Å². The highest BCUT2D eigenvalue weighted by Crippen LogP contribution is 2.41. The van der Waals surface area contributed by atoms with Crippen LogP contribution in [0.2, 0.25) is 0 Å². The summed E-state index contributed by atoms with van der Waals surface area (Å²) in [5.41, 5.74) is 1.30. The van der Waals surface area contributed by atoms with Gasteiger partial charge in [-0.2, -0.15) is 0 Å². The van der Waals surface area contributed by atoms with Crippen LogP contribution in [0.3, 0.4) is 0 Å². The molecule has 0 amide bonds. The maximum atomic E-state index is 13.0. The smallest absolute Gasteiger partial charge is 0.143 e. The van der Waals surface area contributed by atoms with Crippen molar-refractivity contribution in [1.29, 1.82) is 0 Å². The molecule has 0 spiro atoms. The number of Topliss-reactive ketones (excluding diaryl/α,β-unsaturated/α-hetero) is 1. The quantitative estimate of drug-likeness (QED) is 0.728. The molecule has 1 aliphatic carbocycles. The Balaban J connectivity index is 2.21. The average molecular weight is 272 g/mol. The lowest BCUT2D eigenvalue weighted by Crippen LogP contribution is -2.38. The van der Waals surface area contributed by atoms with E-state index in [-0.39, 0.29) is 10.8 Å². The SMILES string of the molecule is CC(C)(C)CCC(=O)C1(c2ccccc2)CCCCC1. The molecule has 1 fully saturated rings. The minimum atomic E-state index is -0.190. The summed E-state index contributed by atoms with van der Waals surface area (Å²) in [6.45, 7) is 6.66. The zero-order valence-electron chi connectivity index (χ0n) is 13.2. The van der Waals surface area contributed by atoms with Crippen molar-refractivity contribution >= 4 is 5.78 Å². The lowest BCUT2D eigenvalue weighted by Gasteiger charge is -2.37. The minimum Gasteiger partial charge on any atom is -0.299 e. The van der Waals surface area contributed by atoms with Crippen molar-refractivity contribution in [2.75, 3.05) is 0 Å². The molecule has 0 bridgehead atoms. The number of hydrogen-bond acceptors (Lipinski definition) is 1. The first-order valence-electron chi connectivity index (χ1n) is 8.03. The predicted molar refractivity (Wildman–Crippen MR) is 84.9 cm³/mol. The molecule has 1 aliphatic rings. The van der Waals surface area contributed by atoms with Crippen molar-refractivity contribution in [3.63, 3.8) is 0 Å². The van der Waals surface area contributed by atoms with Gasteiger partial charge in [-0.15, -0.1) is 0 Å². The number of hydrogen-bond donors (Lipinski definition) is 0. The van der Waals surface area contributed by atoms with Gasteiger partial charge in [0.05, 0.1) is 5.41 Å². The van der Waals surface area contributed by atoms with Gasteiger partial charge in [0.25, 0.3) is 0 Å². The van der Waals surface area contributed by atoms with E-state index in [1.54, 1.807) is 0 Å². The monoisotopic (exact) mass is 272 g/mol. The van der Waals surface area contributed by atoms with Crippen LogP contribution in [0.5, 0.6) is 0 Å². The van der Waals surface area contributed by atoms with Gasteiger partial charge in [0.1, 0.15) is 5.78 Å². The second-order valence-electron chi connectivity index (χ2n) is 7.49. The first-order chi connectivity index (χ1) is 9.44. The zero-order valence-corrected chi connectivity index (χ0v) is 13.2. The summed E-state index contributed by atoms with van der Waals surface area (Å²) in [4.78, 5) is 13.0. The topological polar surface area (TPSA) is 17.1 Å². The molecule has 0 heterocycles. The van der Waals surface area contributed by atoms with Crippen LogP contribution in [-0.4, -0.2) is 5.78 Å².